The maximum Gasteiger partial charge on any atom is 0.213 e. The zero-order valence-corrected chi connectivity index (χ0v) is 28.6. The van der Waals surface area contributed by atoms with Gasteiger partial charge in [-0.25, -0.2) is 0 Å². The van der Waals surface area contributed by atoms with Gasteiger partial charge in [0.25, 0.3) is 0 Å². The van der Waals surface area contributed by atoms with E-state index in [1.165, 1.54) is 71.6 Å². The van der Waals surface area contributed by atoms with Crippen molar-refractivity contribution in [2.75, 3.05) is 18.5 Å². The fraction of sp³-hybridized carbons (Fsp3) is 0.119. The van der Waals surface area contributed by atoms with E-state index >= 15 is 0 Å². The molecule has 0 atom stereocenters. The van der Waals surface area contributed by atoms with Gasteiger partial charge < -0.3 is 33.4 Å². The Labute approximate surface area is 287 Å². The fourth-order valence-corrected chi connectivity index (χ4v) is 7.25. The fourth-order valence-electron chi connectivity index (χ4n) is 7.25. The molecule has 7 aromatic rings. The maximum absolute atomic E-state index is 2.42. The molecule has 0 fully saturated rings. The lowest BCUT2D eigenvalue weighted by Crippen LogP contribution is -3.00. The molecular weight excluding hydrogens is 673 g/mol. The van der Waals surface area contributed by atoms with Gasteiger partial charge >= 0.3 is 0 Å². The summed E-state index contributed by atoms with van der Waals surface area (Å²) in [5, 5.41) is 5.11. The van der Waals surface area contributed by atoms with E-state index in [1.54, 1.807) is 0 Å². The van der Waals surface area contributed by atoms with Crippen molar-refractivity contribution in [1.82, 2.24) is 9.14 Å². The van der Waals surface area contributed by atoms with E-state index in [2.05, 4.69) is 174 Å². The highest BCUT2D eigenvalue weighted by molar-refractivity contribution is 6.09. The third-order valence-corrected chi connectivity index (χ3v) is 9.44. The molecule has 0 unspecified atom stereocenters. The van der Waals surface area contributed by atoms with Gasteiger partial charge in [0.15, 0.2) is 0 Å². The first kappa shape index (κ1) is 30.0. The van der Waals surface area contributed by atoms with Crippen molar-refractivity contribution in [3.63, 3.8) is 0 Å². The third kappa shape index (κ3) is 4.83. The van der Waals surface area contributed by atoms with Crippen molar-refractivity contribution < 1.29 is 24.0 Å². The SMILES string of the molecule is CCn1c2ccccc2c2cc(C(c3ccc(N(C)c4ccccc4)cc3)=c3ccc4c(c3)-c3ccccc3[N+]=4CC)ccc21.[I-]. The normalized spacial score (nSPS) is 12.5. The lowest BCUT2D eigenvalue weighted by Gasteiger charge is -2.20. The minimum absolute atomic E-state index is 0. The molecule has 1 aliphatic rings. The van der Waals surface area contributed by atoms with Crippen LogP contribution < -0.4 is 44.0 Å². The molecule has 0 bridgehead atoms. The number of anilines is 2. The number of aromatic nitrogens is 1. The Hall–Kier alpha value is -4.68. The van der Waals surface area contributed by atoms with Gasteiger partial charge in [0.1, 0.15) is 6.54 Å². The second-order valence-corrected chi connectivity index (χ2v) is 11.8. The average molecular weight is 710 g/mol. The molecule has 1 aliphatic heterocycles. The van der Waals surface area contributed by atoms with E-state index in [-0.39, 0.29) is 24.0 Å². The van der Waals surface area contributed by atoms with Gasteiger partial charge in [0.05, 0.1) is 11.1 Å². The van der Waals surface area contributed by atoms with Crippen LogP contribution in [-0.2, 0) is 6.54 Å². The van der Waals surface area contributed by atoms with Crippen LogP contribution in [0.2, 0.25) is 0 Å². The predicted molar refractivity (Wildman–Crippen MR) is 190 cm³/mol. The van der Waals surface area contributed by atoms with E-state index in [0.717, 1.165) is 18.8 Å². The van der Waals surface area contributed by atoms with Crippen LogP contribution in [0.15, 0.2) is 140 Å². The molecule has 0 N–H and O–H groups in total. The van der Waals surface area contributed by atoms with Gasteiger partial charge in [-0.15, -0.1) is 0 Å². The van der Waals surface area contributed by atoms with E-state index in [4.69, 9.17) is 0 Å². The Balaban J connectivity index is 0.00000338. The Morgan fingerprint density at radius 1 is 0.609 bits per heavy atom. The van der Waals surface area contributed by atoms with Crippen LogP contribution in [0.25, 0.3) is 38.5 Å². The highest BCUT2D eigenvalue weighted by Gasteiger charge is 2.26. The molecule has 226 valence electrons. The summed E-state index contributed by atoms with van der Waals surface area (Å²) in [5.74, 6) is 0. The summed E-state index contributed by atoms with van der Waals surface area (Å²) < 4.78 is 4.85. The molecule has 46 heavy (non-hydrogen) atoms. The first-order valence-corrected chi connectivity index (χ1v) is 15.9. The number of para-hydroxylation sites is 3. The highest BCUT2D eigenvalue weighted by Crippen LogP contribution is 2.34. The van der Waals surface area contributed by atoms with Crippen LogP contribution in [-0.4, -0.2) is 18.2 Å². The van der Waals surface area contributed by atoms with Crippen molar-refractivity contribution in [3.8, 4) is 11.1 Å². The Morgan fingerprint density at radius 3 is 2.07 bits per heavy atom. The lowest BCUT2D eigenvalue weighted by atomic mass is 9.92. The molecule has 1 aromatic heterocycles. The van der Waals surface area contributed by atoms with Crippen molar-refractivity contribution in [1.29, 1.82) is 0 Å². The van der Waals surface area contributed by atoms with Gasteiger partial charge in [0, 0.05) is 58.9 Å². The number of hydrogen-bond acceptors (Lipinski definition) is 1. The van der Waals surface area contributed by atoms with Crippen LogP contribution in [0.1, 0.15) is 25.0 Å². The molecule has 0 radical (unpaired) electrons. The molecule has 0 spiro atoms. The number of aryl methyl sites for hydroxylation is 1. The van der Waals surface area contributed by atoms with Crippen LogP contribution in [0.3, 0.4) is 0 Å². The minimum Gasteiger partial charge on any atom is -1.00 e. The second kappa shape index (κ2) is 12.3. The highest BCUT2D eigenvalue weighted by atomic mass is 127. The minimum atomic E-state index is 0. The summed E-state index contributed by atoms with van der Waals surface area (Å²) in [5.41, 5.74) is 12.5. The third-order valence-electron chi connectivity index (χ3n) is 9.44. The molecule has 8 rings (SSSR count). The molecule has 4 heteroatoms. The standard InChI is InChI=1S/C42H36N3.HI/c1-4-44-38-17-11-9-15-34(38)36-27-30(21-25-40(36)44)42(29-19-23-33(24-20-29)43(3)32-13-7-6-8-14-32)31-22-26-41-37(28-31)35-16-10-12-18-39(35)45(41)5-2;/h6-28H,4-5H2,1-3H3;1H/q+1;/p-1. The van der Waals surface area contributed by atoms with Crippen LogP contribution >= 0.6 is 0 Å². The van der Waals surface area contributed by atoms with E-state index in [0.29, 0.717) is 0 Å². The molecule has 6 aromatic carbocycles. The van der Waals surface area contributed by atoms with Crippen molar-refractivity contribution in [2.24, 2.45) is 0 Å². The topological polar surface area (TPSA) is 11.2 Å². The predicted octanol–water partition coefficient (Wildman–Crippen LogP) is 5.66. The number of rotatable bonds is 6. The molecule has 2 heterocycles. The van der Waals surface area contributed by atoms with Gasteiger partial charge in [-0.1, -0.05) is 66.7 Å². The molecule has 0 saturated heterocycles. The van der Waals surface area contributed by atoms with Crippen molar-refractivity contribution in [2.45, 2.75) is 20.4 Å². The van der Waals surface area contributed by atoms with Crippen LogP contribution in [0.5, 0.6) is 0 Å². The zero-order chi connectivity index (χ0) is 30.5. The lowest BCUT2D eigenvalue weighted by molar-refractivity contribution is -0.00000871. The Morgan fingerprint density at radius 2 is 1.28 bits per heavy atom. The quantitative estimate of drug-likeness (QED) is 0.161. The van der Waals surface area contributed by atoms with Crippen molar-refractivity contribution in [3.05, 3.63) is 161 Å². The number of benzene rings is 6. The summed E-state index contributed by atoms with van der Waals surface area (Å²) in [7, 11) is 2.13. The second-order valence-electron chi connectivity index (χ2n) is 11.8. The van der Waals surface area contributed by atoms with Crippen molar-refractivity contribution >= 4 is 44.4 Å². The monoisotopic (exact) mass is 709 g/mol. The Kier molecular flexibility index (Phi) is 7.99. The largest absolute Gasteiger partial charge is 1.00 e. The van der Waals surface area contributed by atoms with E-state index in [1.807, 2.05) is 0 Å². The summed E-state index contributed by atoms with van der Waals surface area (Å²) in [6, 6.07) is 51.2. The summed E-state index contributed by atoms with van der Waals surface area (Å²) in [6.45, 7) is 6.34. The first-order chi connectivity index (χ1) is 22.2. The first-order valence-electron chi connectivity index (χ1n) is 15.9. The smallest absolute Gasteiger partial charge is 0.213 e. The summed E-state index contributed by atoms with van der Waals surface area (Å²) >= 11 is 0. The summed E-state index contributed by atoms with van der Waals surface area (Å²) in [6.07, 6.45) is 0. The van der Waals surface area contributed by atoms with Crippen LogP contribution in [0, 0.1) is 0 Å². The van der Waals surface area contributed by atoms with Gasteiger partial charge in [-0.3, -0.25) is 0 Å². The molecule has 0 aliphatic carbocycles. The molecule has 0 amide bonds. The molecule has 0 saturated carbocycles. The number of halogens is 1. The van der Waals surface area contributed by atoms with E-state index < -0.39 is 0 Å². The molecular formula is C42H36IN3. The average Bonchev–Trinajstić information content (AvgIpc) is 3.60. The zero-order valence-electron chi connectivity index (χ0n) is 26.4. The van der Waals surface area contributed by atoms with Gasteiger partial charge in [-0.05, 0) is 96.4 Å². The number of fused-ring (bicyclic) bond motifs is 6. The van der Waals surface area contributed by atoms with Gasteiger partial charge in [0.2, 0.25) is 11.0 Å². The maximum atomic E-state index is 2.42. The Bertz CT molecular complexity index is 2350. The van der Waals surface area contributed by atoms with E-state index in [9.17, 15) is 0 Å². The van der Waals surface area contributed by atoms with Gasteiger partial charge in [-0.2, -0.15) is 4.58 Å². The van der Waals surface area contributed by atoms with Crippen LogP contribution in [0.4, 0.5) is 17.1 Å². The number of hydrogen-bond donors (Lipinski definition) is 0. The summed E-state index contributed by atoms with van der Waals surface area (Å²) in [4.78, 5) is 2.24. The molecule has 3 nitrogen and oxygen atoms in total. The number of nitrogens with zero attached hydrogens (tertiary/aromatic N) is 3.